The van der Waals surface area contributed by atoms with Gasteiger partial charge in [0.2, 0.25) is 0 Å². The van der Waals surface area contributed by atoms with Crippen molar-refractivity contribution in [3.8, 4) is 11.5 Å². The summed E-state index contributed by atoms with van der Waals surface area (Å²) in [5.41, 5.74) is 0.926. The van der Waals surface area contributed by atoms with Gasteiger partial charge in [-0.05, 0) is 37.1 Å². The largest absolute Gasteiger partial charge is 0.506 e. The van der Waals surface area contributed by atoms with E-state index >= 15 is 0 Å². The molecule has 0 aromatic heterocycles. The van der Waals surface area contributed by atoms with Crippen molar-refractivity contribution in [3.63, 3.8) is 0 Å². The molecule has 4 nitrogen and oxygen atoms in total. The van der Waals surface area contributed by atoms with E-state index in [2.05, 4.69) is 9.98 Å². The number of aliphatic imine (C=N–C) groups is 2. The second-order valence-electron chi connectivity index (χ2n) is 7.58. The Morgan fingerprint density at radius 3 is 1.31 bits per heavy atom. The van der Waals surface area contributed by atoms with Gasteiger partial charge in [-0.3, -0.25) is 9.98 Å². The van der Waals surface area contributed by atoms with Crippen LogP contribution in [0.4, 0.5) is 25.2 Å². The molecule has 0 amide bonds. The number of hydrogen-bond acceptors (Lipinski definition) is 4. The van der Waals surface area contributed by atoms with Crippen molar-refractivity contribution in [2.45, 2.75) is 37.8 Å². The van der Waals surface area contributed by atoms with E-state index in [-0.39, 0.29) is 50.7 Å². The molecule has 1 saturated carbocycles. The molecule has 0 aliphatic heterocycles. The Balaban J connectivity index is 0.000000712. The van der Waals surface area contributed by atoms with E-state index in [1.54, 1.807) is 24.6 Å². The molecule has 3 rings (SSSR count). The van der Waals surface area contributed by atoms with E-state index < -0.39 is 7.81 Å². The first-order valence-electron chi connectivity index (χ1n) is 9.79. The van der Waals surface area contributed by atoms with E-state index in [0.29, 0.717) is 21.2 Å². The van der Waals surface area contributed by atoms with E-state index in [1.807, 2.05) is 0 Å². The minimum atomic E-state index is -10.7. The summed E-state index contributed by atoms with van der Waals surface area (Å²) in [6, 6.07) is 6.06. The monoisotopic (exact) mass is 658 g/mol. The quantitative estimate of drug-likeness (QED) is 0.149. The minimum absolute atomic E-state index is 0. The van der Waals surface area contributed by atoms with E-state index in [9.17, 15) is 35.4 Å². The van der Waals surface area contributed by atoms with Crippen LogP contribution in [0.5, 0.6) is 11.5 Å². The minimum Gasteiger partial charge on any atom is -0.506 e. The molecule has 2 aromatic carbocycles. The molecule has 1 aliphatic carbocycles. The molecule has 0 bridgehead atoms. The summed E-state index contributed by atoms with van der Waals surface area (Å²) in [6.07, 6.45) is 7.00. The zero-order valence-electron chi connectivity index (χ0n) is 17.8. The summed E-state index contributed by atoms with van der Waals surface area (Å²) in [6.45, 7) is 0. The van der Waals surface area contributed by atoms with Crippen LogP contribution in [0, 0.1) is 0 Å². The third kappa shape index (κ3) is 12.5. The third-order valence-electron chi connectivity index (χ3n) is 4.62. The van der Waals surface area contributed by atoms with Gasteiger partial charge in [0.15, 0.2) is 0 Å². The van der Waals surface area contributed by atoms with Gasteiger partial charge in [0, 0.05) is 50.7 Å². The normalized spacial score (nSPS) is 20.3. The number of aromatic hydroxyl groups is 2. The molecule has 0 heterocycles. The average Bonchev–Trinajstić information content (AvgIpc) is 2.69. The number of hydrogen-bond donors (Lipinski definition) is 2. The first-order chi connectivity index (χ1) is 15.8. The molecule has 1 fully saturated rings. The van der Waals surface area contributed by atoms with Gasteiger partial charge >= 0.3 is 33.0 Å². The van der Waals surface area contributed by atoms with Crippen LogP contribution in [0.3, 0.4) is 0 Å². The van der Waals surface area contributed by atoms with E-state index in [4.69, 9.17) is 46.4 Å². The number of nitrogens with zero attached hydrogens (tertiary/aromatic N) is 2. The second-order valence-corrected chi connectivity index (χ2v) is 11.2. The maximum absolute atomic E-state index is 10.7. The van der Waals surface area contributed by atoms with Gasteiger partial charge in [-0.25, -0.2) is 0 Å². The van der Waals surface area contributed by atoms with Gasteiger partial charge in [0.1, 0.15) is 11.5 Å². The molecular formula is C20H18Cl4F6MnN2O2P-. The smallest absolute Gasteiger partial charge is 0.143 e. The maximum Gasteiger partial charge on any atom is 0.143 e. The molecule has 1 radical (unpaired) electrons. The zero-order valence-corrected chi connectivity index (χ0v) is 22.9. The van der Waals surface area contributed by atoms with Crippen LogP contribution in [-0.2, 0) is 17.1 Å². The summed E-state index contributed by atoms with van der Waals surface area (Å²) in [7, 11) is -10.7. The van der Waals surface area contributed by atoms with Crippen LogP contribution in [0.25, 0.3) is 0 Å². The number of rotatable bonds is 4. The van der Waals surface area contributed by atoms with Gasteiger partial charge in [0.05, 0.1) is 22.1 Å². The Kier molecular flexibility index (Phi) is 10.9. The second kappa shape index (κ2) is 11.9. The van der Waals surface area contributed by atoms with Crippen molar-refractivity contribution >= 4 is 66.6 Å². The van der Waals surface area contributed by atoms with Gasteiger partial charge in [-0.2, -0.15) is 0 Å². The first-order valence-corrected chi connectivity index (χ1v) is 13.3. The van der Waals surface area contributed by atoms with Gasteiger partial charge in [-0.15, -0.1) is 0 Å². The predicted octanol–water partition coefficient (Wildman–Crippen LogP) is 9.94. The number of phenols is 2. The van der Waals surface area contributed by atoms with Crippen molar-refractivity contribution in [3.05, 3.63) is 55.5 Å². The van der Waals surface area contributed by atoms with Crippen molar-refractivity contribution in [1.82, 2.24) is 0 Å². The molecular weight excluding hydrogens is 642 g/mol. The Hall–Kier alpha value is -0.931. The van der Waals surface area contributed by atoms with E-state index in [1.165, 1.54) is 12.1 Å². The Labute approximate surface area is 233 Å². The fourth-order valence-corrected chi connectivity index (χ4v) is 4.18. The Bertz CT molecular complexity index is 1070. The summed E-state index contributed by atoms with van der Waals surface area (Å²) in [5, 5.41) is 21.4. The number of phenolic OH excluding ortho intramolecular Hbond substituents is 2. The average molecular weight is 660 g/mol. The molecule has 36 heavy (non-hydrogen) atoms. The van der Waals surface area contributed by atoms with Crippen molar-refractivity contribution in [2.24, 2.45) is 9.98 Å². The standard InChI is InChI=1S/C20H18Cl4N2O2.F6P.Mn/c21-13-5-11(19(27)15(23)7-13)9-25-17-3-1-2-4-18(17)26-10-12-6-14(22)8-16(24)20(12)28;1-7(2,3,4,5)6;/h5-10,17-18,27-28H,1-4H2;;/q;-1;/t17-,18-;;/m0../s1. The number of halogens is 10. The summed E-state index contributed by atoms with van der Waals surface area (Å²) in [5.74, 6) is -0.103. The predicted molar refractivity (Wildman–Crippen MR) is 131 cm³/mol. The van der Waals surface area contributed by atoms with Crippen LogP contribution in [0.2, 0.25) is 20.1 Å². The van der Waals surface area contributed by atoms with Gasteiger partial charge in [-0.1, -0.05) is 59.2 Å². The molecule has 16 heteroatoms. The molecule has 0 spiro atoms. The molecule has 203 valence electrons. The van der Waals surface area contributed by atoms with Crippen LogP contribution >= 0.6 is 54.2 Å². The molecule has 2 N–H and O–H groups in total. The first kappa shape index (κ1) is 33.1. The fourth-order valence-electron chi connectivity index (χ4n) is 3.16. The van der Waals surface area contributed by atoms with Crippen molar-refractivity contribution < 1.29 is 52.5 Å². The Morgan fingerprint density at radius 2 is 1.00 bits per heavy atom. The van der Waals surface area contributed by atoms with Gasteiger partial charge in [0.25, 0.3) is 0 Å². The fraction of sp³-hybridized carbons (Fsp3) is 0.300. The zero-order chi connectivity index (χ0) is 26.7. The van der Waals surface area contributed by atoms with Crippen molar-refractivity contribution in [1.29, 1.82) is 0 Å². The van der Waals surface area contributed by atoms with Crippen LogP contribution in [-0.4, -0.2) is 34.7 Å². The summed E-state index contributed by atoms with van der Waals surface area (Å²) in [4.78, 5) is 9.23. The third-order valence-corrected chi connectivity index (χ3v) is 5.63. The van der Waals surface area contributed by atoms with Crippen LogP contribution < -0.4 is 0 Å². The molecule has 2 atom stereocenters. The summed E-state index contributed by atoms with van der Waals surface area (Å²) >= 11 is 23.9. The topological polar surface area (TPSA) is 65.2 Å². The SMILES string of the molecule is F[P-](F)(F)(F)(F)F.Oc1c(Cl)cc(Cl)cc1C=N[C@H]1CCCC[C@@H]1N=Cc1cc(Cl)cc(Cl)c1O.[Mn]. The molecule has 0 saturated heterocycles. The molecule has 2 aromatic rings. The van der Waals surface area contributed by atoms with E-state index in [0.717, 1.165) is 25.7 Å². The molecule has 1 aliphatic rings. The Morgan fingerprint density at radius 1 is 0.694 bits per heavy atom. The summed E-state index contributed by atoms with van der Waals surface area (Å²) < 4.78 is 59.2. The maximum atomic E-state index is 10.1. The van der Waals surface area contributed by atoms with Crippen LogP contribution in [0.15, 0.2) is 34.3 Å². The van der Waals surface area contributed by atoms with Gasteiger partial charge < -0.3 is 10.2 Å². The van der Waals surface area contributed by atoms with Crippen molar-refractivity contribution in [2.75, 3.05) is 0 Å². The molecule has 0 unspecified atom stereocenters. The van der Waals surface area contributed by atoms with Crippen LogP contribution in [0.1, 0.15) is 36.8 Å². The number of benzene rings is 2.